The summed E-state index contributed by atoms with van der Waals surface area (Å²) >= 11 is 0. The van der Waals surface area contributed by atoms with Gasteiger partial charge in [-0.05, 0) is 19.3 Å². The molecule has 0 heterocycles. The first-order chi connectivity index (χ1) is 6.54. The van der Waals surface area contributed by atoms with Crippen molar-refractivity contribution in [3.05, 3.63) is 0 Å². The maximum Gasteiger partial charge on any atom is 0.306 e. The summed E-state index contributed by atoms with van der Waals surface area (Å²) in [6.45, 7) is 0. The molecular weight excluding hydrogens is 188 g/mol. The van der Waals surface area contributed by atoms with Crippen LogP contribution in [0.5, 0.6) is 0 Å². The van der Waals surface area contributed by atoms with Crippen molar-refractivity contribution in [2.24, 2.45) is 11.8 Å². The van der Waals surface area contributed by atoms with Gasteiger partial charge in [-0.15, -0.1) is 0 Å². The third kappa shape index (κ3) is 2.45. The fourth-order valence-electron chi connectivity index (χ4n) is 1.86. The molecule has 2 unspecified atom stereocenters. The van der Waals surface area contributed by atoms with Gasteiger partial charge in [-0.2, -0.15) is 0 Å². The largest absolute Gasteiger partial charge is 0.481 e. The Morgan fingerprint density at radius 2 is 1.50 bits per heavy atom. The van der Waals surface area contributed by atoms with Crippen LogP contribution in [-0.2, 0) is 14.3 Å². The molecule has 0 spiro atoms. The molecule has 0 amide bonds. The van der Waals surface area contributed by atoms with E-state index >= 15 is 0 Å². The van der Waals surface area contributed by atoms with Crippen LogP contribution in [0.25, 0.3) is 0 Å². The summed E-state index contributed by atoms with van der Waals surface area (Å²) in [5.41, 5.74) is 0. The molecule has 0 aromatic rings. The van der Waals surface area contributed by atoms with Crippen molar-refractivity contribution < 1.29 is 24.5 Å². The molecule has 5 heteroatoms. The number of rotatable bonds is 3. The standard InChI is InChI=1S/C9H14O5/c1-14-7-3-5(8(10)11)2-6(4-7)9(12)13/h5-7H,2-4H2,1H3,(H,10,11)(H,12,13). The fraction of sp³-hybridized carbons (Fsp3) is 0.778. The predicted molar refractivity (Wildman–Crippen MR) is 46.9 cm³/mol. The summed E-state index contributed by atoms with van der Waals surface area (Å²) < 4.78 is 5.03. The van der Waals surface area contributed by atoms with E-state index in [-0.39, 0.29) is 12.5 Å². The Morgan fingerprint density at radius 3 is 1.79 bits per heavy atom. The second-order valence-electron chi connectivity index (χ2n) is 3.64. The highest BCUT2D eigenvalue weighted by atomic mass is 16.5. The molecule has 0 saturated heterocycles. The molecular formula is C9H14O5. The van der Waals surface area contributed by atoms with E-state index in [9.17, 15) is 9.59 Å². The van der Waals surface area contributed by atoms with Gasteiger partial charge < -0.3 is 14.9 Å². The molecule has 0 radical (unpaired) electrons. The highest BCUT2D eigenvalue weighted by Gasteiger charge is 2.36. The lowest BCUT2D eigenvalue weighted by Crippen LogP contribution is -2.35. The molecule has 1 rings (SSSR count). The second-order valence-corrected chi connectivity index (χ2v) is 3.64. The van der Waals surface area contributed by atoms with Crippen molar-refractivity contribution in [2.75, 3.05) is 7.11 Å². The van der Waals surface area contributed by atoms with Crippen LogP contribution in [0.3, 0.4) is 0 Å². The number of aliphatic carboxylic acids is 2. The summed E-state index contributed by atoms with van der Waals surface area (Å²) in [6, 6.07) is 0. The van der Waals surface area contributed by atoms with E-state index in [1.165, 1.54) is 7.11 Å². The zero-order chi connectivity index (χ0) is 10.7. The third-order valence-corrected chi connectivity index (χ3v) is 2.70. The van der Waals surface area contributed by atoms with Crippen molar-refractivity contribution in [2.45, 2.75) is 25.4 Å². The third-order valence-electron chi connectivity index (χ3n) is 2.70. The Hall–Kier alpha value is -1.10. The van der Waals surface area contributed by atoms with Crippen molar-refractivity contribution >= 4 is 11.9 Å². The van der Waals surface area contributed by atoms with Crippen LogP contribution in [0.2, 0.25) is 0 Å². The van der Waals surface area contributed by atoms with Gasteiger partial charge in [-0.3, -0.25) is 9.59 Å². The summed E-state index contributed by atoms with van der Waals surface area (Å²) in [6.07, 6.45) is 0.793. The predicted octanol–water partition coefficient (Wildman–Crippen LogP) is 0.587. The van der Waals surface area contributed by atoms with Gasteiger partial charge in [0.05, 0.1) is 17.9 Å². The van der Waals surface area contributed by atoms with E-state index in [1.54, 1.807) is 0 Å². The summed E-state index contributed by atoms with van der Waals surface area (Å²) in [5.74, 6) is -3.04. The summed E-state index contributed by atoms with van der Waals surface area (Å²) in [5, 5.41) is 17.6. The maximum atomic E-state index is 10.7. The zero-order valence-corrected chi connectivity index (χ0v) is 7.97. The Labute approximate surface area is 81.7 Å². The first-order valence-electron chi connectivity index (χ1n) is 4.53. The van der Waals surface area contributed by atoms with E-state index < -0.39 is 23.8 Å². The molecule has 0 bridgehead atoms. The first-order valence-corrected chi connectivity index (χ1v) is 4.53. The number of methoxy groups -OCH3 is 1. The van der Waals surface area contributed by atoms with Gasteiger partial charge in [0.25, 0.3) is 0 Å². The molecule has 1 saturated carbocycles. The number of ether oxygens (including phenoxy) is 1. The molecule has 1 fully saturated rings. The molecule has 2 N–H and O–H groups in total. The molecule has 14 heavy (non-hydrogen) atoms. The van der Waals surface area contributed by atoms with Crippen molar-refractivity contribution in [1.82, 2.24) is 0 Å². The van der Waals surface area contributed by atoms with Gasteiger partial charge in [0, 0.05) is 7.11 Å². The molecule has 0 aliphatic heterocycles. The number of carboxylic acid groups (broad SMARTS) is 2. The van der Waals surface area contributed by atoms with Crippen LogP contribution >= 0.6 is 0 Å². The van der Waals surface area contributed by atoms with Gasteiger partial charge in [0.1, 0.15) is 0 Å². The summed E-state index contributed by atoms with van der Waals surface area (Å²) in [7, 11) is 1.48. The van der Waals surface area contributed by atoms with Crippen molar-refractivity contribution in [3.8, 4) is 0 Å². The van der Waals surface area contributed by atoms with Crippen LogP contribution in [0.1, 0.15) is 19.3 Å². The lowest BCUT2D eigenvalue weighted by Gasteiger charge is -2.29. The van der Waals surface area contributed by atoms with Crippen LogP contribution in [0.15, 0.2) is 0 Å². The van der Waals surface area contributed by atoms with Crippen LogP contribution in [0, 0.1) is 11.8 Å². The van der Waals surface area contributed by atoms with Crippen LogP contribution in [0.4, 0.5) is 0 Å². The fourth-order valence-corrected chi connectivity index (χ4v) is 1.86. The minimum absolute atomic E-state index is 0.213. The smallest absolute Gasteiger partial charge is 0.306 e. The van der Waals surface area contributed by atoms with E-state index in [4.69, 9.17) is 14.9 Å². The van der Waals surface area contributed by atoms with Crippen LogP contribution < -0.4 is 0 Å². The zero-order valence-electron chi connectivity index (χ0n) is 7.97. The Kier molecular flexibility index (Phi) is 3.46. The minimum atomic E-state index is -0.932. The molecule has 5 nitrogen and oxygen atoms in total. The van der Waals surface area contributed by atoms with E-state index in [2.05, 4.69) is 0 Å². The number of carbonyl (C=O) groups is 2. The Bertz CT molecular complexity index is 215. The highest BCUT2D eigenvalue weighted by Crippen LogP contribution is 2.31. The molecule has 80 valence electrons. The number of hydrogen-bond donors (Lipinski definition) is 2. The van der Waals surface area contributed by atoms with Gasteiger partial charge in [-0.1, -0.05) is 0 Å². The van der Waals surface area contributed by atoms with E-state index in [0.29, 0.717) is 12.8 Å². The molecule has 2 atom stereocenters. The average molecular weight is 202 g/mol. The maximum absolute atomic E-state index is 10.7. The normalized spacial score (nSPS) is 32.5. The lowest BCUT2D eigenvalue weighted by atomic mass is 9.80. The quantitative estimate of drug-likeness (QED) is 0.699. The van der Waals surface area contributed by atoms with Crippen molar-refractivity contribution in [1.29, 1.82) is 0 Å². The highest BCUT2D eigenvalue weighted by molar-refractivity contribution is 5.74. The van der Waals surface area contributed by atoms with Crippen LogP contribution in [-0.4, -0.2) is 35.4 Å². The van der Waals surface area contributed by atoms with Gasteiger partial charge in [0.15, 0.2) is 0 Å². The first kappa shape index (κ1) is 11.0. The van der Waals surface area contributed by atoms with Gasteiger partial charge in [0.2, 0.25) is 0 Å². The Balaban J connectivity index is 2.66. The molecule has 1 aliphatic carbocycles. The number of hydrogen-bond acceptors (Lipinski definition) is 3. The van der Waals surface area contributed by atoms with Gasteiger partial charge >= 0.3 is 11.9 Å². The average Bonchev–Trinajstić information content (AvgIpc) is 2.16. The molecule has 1 aliphatic rings. The topological polar surface area (TPSA) is 83.8 Å². The number of carboxylic acids is 2. The monoisotopic (exact) mass is 202 g/mol. The summed E-state index contributed by atoms with van der Waals surface area (Å²) in [4.78, 5) is 21.5. The molecule has 0 aromatic heterocycles. The van der Waals surface area contributed by atoms with E-state index in [0.717, 1.165) is 0 Å². The molecule has 0 aromatic carbocycles. The van der Waals surface area contributed by atoms with Gasteiger partial charge in [-0.25, -0.2) is 0 Å². The Morgan fingerprint density at radius 1 is 1.07 bits per heavy atom. The minimum Gasteiger partial charge on any atom is -0.481 e. The van der Waals surface area contributed by atoms with E-state index in [1.807, 2.05) is 0 Å². The SMILES string of the molecule is COC1CC(C(=O)O)CC(C(=O)O)C1. The second kappa shape index (κ2) is 4.41. The lowest BCUT2D eigenvalue weighted by molar-refractivity contribution is -0.151. The van der Waals surface area contributed by atoms with Crippen molar-refractivity contribution in [3.63, 3.8) is 0 Å².